The summed E-state index contributed by atoms with van der Waals surface area (Å²) < 4.78 is 29.8. The second kappa shape index (κ2) is 9.05. The van der Waals surface area contributed by atoms with Gasteiger partial charge in [-0.25, -0.2) is 23.1 Å². The largest absolute Gasteiger partial charge is 0.337 e. The smallest absolute Gasteiger partial charge is 0.324 e. The van der Waals surface area contributed by atoms with Crippen LogP contribution in [-0.4, -0.2) is 25.8 Å². The molecule has 0 saturated carbocycles. The van der Waals surface area contributed by atoms with E-state index in [-0.39, 0.29) is 16.0 Å². The van der Waals surface area contributed by atoms with Gasteiger partial charge in [0, 0.05) is 11.8 Å². The zero-order valence-electron chi connectivity index (χ0n) is 16.7. The summed E-state index contributed by atoms with van der Waals surface area (Å²) in [6.45, 7) is 1.43. The number of hydrogen-bond donors (Lipinski definition) is 1. The van der Waals surface area contributed by atoms with Crippen LogP contribution in [0.5, 0.6) is 0 Å². The van der Waals surface area contributed by atoms with Crippen LogP contribution in [0.25, 0.3) is 16.0 Å². The number of carbonyl (C=O) groups is 1. The lowest BCUT2D eigenvalue weighted by molar-refractivity contribution is -0.116. The minimum Gasteiger partial charge on any atom is -0.324 e. The van der Waals surface area contributed by atoms with E-state index in [9.17, 15) is 23.2 Å². The van der Waals surface area contributed by atoms with Gasteiger partial charge in [0.1, 0.15) is 22.9 Å². The molecule has 1 N–H and O–H groups in total. The number of thioether (sulfide) groups is 1. The second-order valence-corrected chi connectivity index (χ2v) is 9.13. The van der Waals surface area contributed by atoms with Crippen molar-refractivity contribution >= 4 is 45.0 Å². The van der Waals surface area contributed by atoms with Crippen molar-refractivity contribution in [1.29, 1.82) is 0 Å². The summed E-state index contributed by atoms with van der Waals surface area (Å²) in [4.78, 5) is 43.4. The fourth-order valence-corrected chi connectivity index (χ4v) is 5.09. The van der Waals surface area contributed by atoms with Crippen LogP contribution in [0.4, 0.5) is 14.5 Å². The fourth-order valence-electron chi connectivity index (χ4n) is 3.12. The number of amides is 1. The number of thiazole rings is 1. The van der Waals surface area contributed by atoms with Crippen LogP contribution in [0.2, 0.25) is 0 Å². The average Bonchev–Trinajstić information content (AvgIpc) is 3.16. The van der Waals surface area contributed by atoms with Crippen LogP contribution >= 0.6 is 23.1 Å². The van der Waals surface area contributed by atoms with Gasteiger partial charge in [-0.05, 0) is 30.0 Å². The average molecular weight is 475 g/mol. The van der Waals surface area contributed by atoms with Crippen molar-refractivity contribution in [2.24, 2.45) is 0 Å². The number of anilines is 1. The summed E-state index contributed by atoms with van der Waals surface area (Å²) >= 11 is 2.55. The quantitative estimate of drug-likeness (QED) is 0.431. The zero-order chi connectivity index (χ0) is 22.8. The van der Waals surface area contributed by atoms with E-state index in [0.29, 0.717) is 21.8 Å². The molecule has 2 heterocycles. The van der Waals surface area contributed by atoms with Gasteiger partial charge in [-0.3, -0.25) is 14.2 Å². The molecule has 0 saturated heterocycles. The van der Waals surface area contributed by atoms with Gasteiger partial charge in [0.25, 0.3) is 5.56 Å². The molecule has 164 valence electrons. The highest BCUT2D eigenvalue weighted by molar-refractivity contribution is 8.01. The van der Waals surface area contributed by atoms with Crippen LogP contribution in [0.1, 0.15) is 6.92 Å². The normalized spacial score (nSPS) is 11.1. The van der Waals surface area contributed by atoms with Crippen molar-refractivity contribution < 1.29 is 13.6 Å². The van der Waals surface area contributed by atoms with E-state index in [1.807, 2.05) is 6.92 Å². The van der Waals surface area contributed by atoms with Gasteiger partial charge >= 0.3 is 5.69 Å². The van der Waals surface area contributed by atoms with Crippen LogP contribution in [-0.2, 0) is 11.3 Å². The van der Waals surface area contributed by atoms with Gasteiger partial charge < -0.3 is 5.32 Å². The summed E-state index contributed by atoms with van der Waals surface area (Å²) in [5, 5.41) is 2.37. The number of fused-ring (bicyclic) bond motifs is 1. The molecule has 7 nitrogen and oxygen atoms in total. The number of aromatic nitrogens is 3. The maximum Gasteiger partial charge on any atom is 0.337 e. The molecule has 1 amide bonds. The summed E-state index contributed by atoms with van der Waals surface area (Å²) in [5.74, 6) is -1.69. The molecule has 2 aromatic heterocycles. The van der Waals surface area contributed by atoms with Crippen molar-refractivity contribution in [2.45, 2.75) is 17.8 Å². The molecule has 0 atom stereocenters. The van der Waals surface area contributed by atoms with Gasteiger partial charge in [0.15, 0.2) is 9.99 Å². The van der Waals surface area contributed by atoms with Gasteiger partial charge in [0.05, 0.1) is 5.69 Å². The fraction of sp³-hybridized carbons (Fsp3) is 0.143. The Kier molecular flexibility index (Phi) is 6.19. The molecule has 0 spiro atoms. The third-order valence-electron chi connectivity index (χ3n) is 4.40. The monoisotopic (exact) mass is 474 g/mol. The molecule has 2 aromatic carbocycles. The number of benzene rings is 2. The first-order chi connectivity index (χ1) is 15.4. The highest BCUT2D eigenvalue weighted by Gasteiger charge is 2.20. The highest BCUT2D eigenvalue weighted by Crippen LogP contribution is 2.27. The second-order valence-electron chi connectivity index (χ2n) is 6.62. The molecule has 4 rings (SSSR count). The van der Waals surface area contributed by atoms with E-state index >= 15 is 0 Å². The third kappa shape index (κ3) is 4.34. The van der Waals surface area contributed by atoms with Crippen molar-refractivity contribution in [3.05, 3.63) is 81.0 Å². The summed E-state index contributed by atoms with van der Waals surface area (Å²) in [5.41, 5.74) is -0.917. The van der Waals surface area contributed by atoms with E-state index in [2.05, 4.69) is 10.3 Å². The maximum absolute atomic E-state index is 13.4. The molecule has 32 heavy (non-hydrogen) atoms. The number of halogens is 2. The van der Waals surface area contributed by atoms with Crippen LogP contribution in [0, 0.1) is 11.6 Å². The number of hydrogen-bond acceptors (Lipinski definition) is 6. The topological polar surface area (TPSA) is 86.0 Å². The van der Waals surface area contributed by atoms with Crippen molar-refractivity contribution in [2.75, 3.05) is 11.1 Å². The maximum atomic E-state index is 13.4. The highest BCUT2D eigenvalue weighted by atomic mass is 32.2. The number of rotatable bonds is 6. The zero-order valence-corrected chi connectivity index (χ0v) is 18.3. The van der Waals surface area contributed by atoms with Crippen LogP contribution in [0.15, 0.2) is 62.5 Å². The first kappa shape index (κ1) is 21.9. The lowest BCUT2D eigenvalue weighted by Gasteiger charge is -2.12. The molecular formula is C21H16F2N4O3S2. The van der Waals surface area contributed by atoms with E-state index < -0.39 is 35.3 Å². The first-order valence-electron chi connectivity index (χ1n) is 9.48. The Morgan fingerprint density at radius 2 is 1.81 bits per heavy atom. The Morgan fingerprint density at radius 3 is 2.47 bits per heavy atom. The van der Waals surface area contributed by atoms with E-state index in [0.717, 1.165) is 32.6 Å². The summed E-state index contributed by atoms with van der Waals surface area (Å²) in [6.07, 6.45) is 0. The minimum absolute atomic E-state index is 0.0892. The van der Waals surface area contributed by atoms with Gasteiger partial charge in [-0.2, -0.15) is 0 Å². The first-order valence-corrected chi connectivity index (χ1v) is 11.3. The molecular weight excluding hydrogens is 458 g/mol. The lowest BCUT2D eigenvalue weighted by atomic mass is 10.3. The summed E-state index contributed by atoms with van der Waals surface area (Å²) in [7, 11) is 0. The Labute approximate surface area is 188 Å². The molecule has 11 heteroatoms. The van der Waals surface area contributed by atoms with E-state index in [1.165, 1.54) is 11.8 Å². The Bertz CT molecular complexity index is 1410. The van der Waals surface area contributed by atoms with Crippen LogP contribution in [0.3, 0.4) is 0 Å². The molecule has 0 aliphatic carbocycles. The number of para-hydroxylation sites is 1. The lowest BCUT2D eigenvalue weighted by Crippen LogP contribution is -2.40. The minimum atomic E-state index is -0.849. The predicted molar refractivity (Wildman–Crippen MR) is 121 cm³/mol. The molecule has 0 bridgehead atoms. The molecule has 0 fully saturated rings. The van der Waals surface area contributed by atoms with Crippen molar-refractivity contribution in [3.8, 4) is 5.69 Å². The van der Waals surface area contributed by atoms with Crippen LogP contribution < -0.4 is 16.6 Å². The van der Waals surface area contributed by atoms with Gasteiger partial charge in [-0.1, -0.05) is 36.9 Å². The predicted octanol–water partition coefficient (Wildman–Crippen LogP) is 3.64. The molecule has 0 aliphatic heterocycles. The molecule has 0 radical (unpaired) electrons. The number of nitrogens with zero attached hydrogens (tertiary/aromatic N) is 3. The Hall–Kier alpha value is -3.31. The molecule has 0 aliphatic rings. The number of nitrogens with one attached hydrogen (secondary N) is 1. The van der Waals surface area contributed by atoms with Crippen molar-refractivity contribution in [3.63, 3.8) is 0 Å². The third-order valence-corrected chi connectivity index (χ3v) is 6.45. The molecule has 4 aromatic rings. The van der Waals surface area contributed by atoms with E-state index in [1.54, 1.807) is 30.3 Å². The van der Waals surface area contributed by atoms with E-state index in [4.69, 9.17) is 0 Å². The SMILES string of the molecule is CCSc1nc2c(s1)c(=O)n(-c1ccccc1)c(=O)n2CC(=O)Nc1cc(F)cc(F)c1. The van der Waals surface area contributed by atoms with Crippen molar-refractivity contribution in [1.82, 2.24) is 14.1 Å². The summed E-state index contributed by atoms with van der Waals surface area (Å²) in [6, 6.07) is 10.9. The molecule has 0 unspecified atom stereocenters. The van der Waals surface area contributed by atoms with Gasteiger partial charge in [0.2, 0.25) is 5.91 Å². The standard InChI is InChI=1S/C21H16F2N4O3S2/c1-2-31-20-25-18-17(32-20)19(29)27(15-6-4-3-5-7-15)21(30)26(18)11-16(28)24-14-9-12(22)8-13(23)10-14/h3-10H,2,11H2,1H3,(H,24,28). The Balaban J connectivity index is 1.82. The number of carbonyl (C=O) groups excluding carboxylic acids is 1. The van der Waals surface area contributed by atoms with Gasteiger partial charge in [-0.15, -0.1) is 11.3 Å². The Morgan fingerprint density at radius 1 is 1.12 bits per heavy atom.